The molecule has 0 aliphatic heterocycles. The highest BCUT2D eigenvalue weighted by Gasteiger charge is 2.22. The molecule has 186 valence electrons. The van der Waals surface area contributed by atoms with Crippen molar-refractivity contribution in [3.63, 3.8) is 0 Å². The number of ether oxygens (including phenoxy) is 1. The molecule has 0 aliphatic rings. The van der Waals surface area contributed by atoms with Crippen LogP contribution >= 0.6 is 0 Å². The molecule has 0 aromatic heterocycles. The van der Waals surface area contributed by atoms with Crippen molar-refractivity contribution >= 4 is 11.7 Å². The number of hydrogen-bond donors (Lipinski definition) is 4. The Labute approximate surface area is 207 Å². The molecular formula is C28H35N3O4. The van der Waals surface area contributed by atoms with E-state index in [2.05, 4.69) is 15.5 Å². The molecule has 0 fully saturated rings. The third kappa shape index (κ3) is 9.05. The first-order valence-electron chi connectivity index (χ1n) is 12.0. The lowest BCUT2D eigenvalue weighted by Gasteiger charge is -2.32. The molecule has 4 N–H and O–H groups in total. The summed E-state index contributed by atoms with van der Waals surface area (Å²) in [4.78, 5) is 13.8. The number of nitrogens with one attached hydrogen (secondary N) is 2. The van der Waals surface area contributed by atoms with E-state index in [1.54, 1.807) is 0 Å². The number of nitrogens with zero attached hydrogens (tertiary/aromatic N) is 1. The number of amides is 2. The van der Waals surface area contributed by atoms with Crippen LogP contribution in [0.4, 0.5) is 10.5 Å². The number of aliphatic hydroxyl groups is 2. The summed E-state index contributed by atoms with van der Waals surface area (Å²) in [6.07, 6.45) is -0.131. The van der Waals surface area contributed by atoms with Crippen LogP contribution in [0.1, 0.15) is 18.1 Å². The zero-order valence-corrected chi connectivity index (χ0v) is 20.1. The Kier molecular flexibility index (Phi) is 10.6. The van der Waals surface area contributed by atoms with E-state index in [4.69, 9.17) is 4.74 Å². The topological polar surface area (TPSA) is 94.1 Å². The molecular weight excluding hydrogens is 442 g/mol. The summed E-state index contributed by atoms with van der Waals surface area (Å²) in [6.45, 7) is 3.46. The third-order valence-corrected chi connectivity index (χ3v) is 5.61. The van der Waals surface area contributed by atoms with Crippen molar-refractivity contribution in [3.05, 3.63) is 96.1 Å². The second kappa shape index (κ2) is 14.1. The lowest BCUT2D eigenvalue weighted by atomic mass is 10.0. The van der Waals surface area contributed by atoms with E-state index in [0.29, 0.717) is 37.5 Å². The maximum Gasteiger partial charge on any atom is 0.319 e. The molecule has 7 heteroatoms. The van der Waals surface area contributed by atoms with Gasteiger partial charge in [-0.15, -0.1) is 0 Å². The van der Waals surface area contributed by atoms with Crippen molar-refractivity contribution in [1.82, 2.24) is 10.2 Å². The van der Waals surface area contributed by atoms with Gasteiger partial charge in [0.25, 0.3) is 0 Å². The van der Waals surface area contributed by atoms with Crippen LogP contribution in [-0.4, -0.2) is 59.6 Å². The van der Waals surface area contributed by atoms with E-state index in [1.165, 1.54) is 0 Å². The van der Waals surface area contributed by atoms with Crippen molar-refractivity contribution in [2.24, 2.45) is 0 Å². The Hall–Kier alpha value is -3.39. The summed E-state index contributed by atoms with van der Waals surface area (Å²) in [6, 6.07) is 26.6. The SMILES string of the molecule is CCNC(=O)Nc1ccc(CC(CO)N(Cc2ccccc2)CC(O)COc2ccccc2)cc1. The zero-order chi connectivity index (χ0) is 24.9. The predicted molar refractivity (Wildman–Crippen MR) is 139 cm³/mol. The van der Waals surface area contributed by atoms with Gasteiger partial charge in [0.2, 0.25) is 0 Å². The minimum atomic E-state index is -0.725. The van der Waals surface area contributed by atoms with Crippen LogP contribution in [0.2, 0.25) is 0 Å². The van der Waals surface area contributed by atoms with Gasteiger partial charge in [0.1, 0.15) is 18.5 Å². The first-order chi connectivity index (χ1) is 17.1. The number of carbonyl (C=O) groups is 1. The molecule has 7 nitrogen and oxygen atoms in total. The van der Waals surface area contributed by atoms with Gasteiger partial charge >= 0.3 is 6.03 Å². The summed E-state index contributed by atoms with van der Waals surface area (Å²) < 4.78 is 5.73. The van der Waals surface area contributed by atoms with Gasteiger partial charge in [-0.2, -0.15) is 0 Å². The Bertz CT molecular complexity index is 1000. The molecule has 0 radical (unpaired) electrons. The van der Waals surface area contributed by atoms with Crippen LogP contribution in [0.5, 0.6) is 5.75 Å². The Morgan fingerprint density at radius 2 is 1.60 bits per heavy atom. The largest absolute Gasteiger partial charge is 0.491 e. The second-order valence-corrected chi connectivity index (χ2v) is 8.41. The molecule has 0 spiro atoms. The Balaban J connectivity index is 1.66. The number of urea groups is 1. The van der Waals surface area contributed by atoms with E-state index in [-0.39, 0.29) is 25.3 Å². The number of anilines is 1. The monoisotopic (exact) mass is 477 g/mol. The molecule has 0 bridgehead atoms. The lowest BCUT2D eigenvalue weighted by Crippen LogP contribution is -2.44. The third-order valence-electron chi connectivity index (χ3n) is 5.61. The van der Waals surface area contributed by atoms with Crippen molar-refractivity contribution in [2.75, 3.05) is 31.6 Å². The van der Waals surface area contributed by atoms with Crippen molar-refractivity contribution in [3.8, 4) is 5.75 Å². The molecule has 2 atom stereocenters. The molecule has 0 heterocycles. The van der Waals surface area contributed by atoms with Gasteiger partial charge in [0.05, 0.1) is 6.61 Å². The van der Waals surface area contributed by atoms with Gasteiger partial charge in [0, 0.05) is 31.4 Å². The van der Waals surface area contributed by atoms with Gasteiger partial charge in [-0.25, -0.2) is 4.79 Å². The van der Waals surface area contributed by atoms with Crippen LogP contribution < -0.4 is 15.4 Å². The second-order valence-electron chi connectivity index (χ2n) is 8.41. The van der Waals surface area contributed by atoms with Gasteiger partial charge in [-0.05, 0) is 48.7 Å². The molecule has 2 unspecified atom stereocenters. The number of carbonyl (C=O) groups excluding carboxylic acids is 1. The average Bonchev–Trinajstić information content (AvgIpc) is 2.88. The summed E-state index contributed by atoms with van der Waals surface area (Å²) in [7, 11) is 0. The zero-order valence-electron chi connectivity index (χ0n) is 20.1. The molecule has 3 aromatic rings. The van der Waals surface area contributed by atoms with Gasteiger partial charge in [-0.3, -0.25) is 4.90 Å². The quantitative estimate of drug-likeness (QED) is 0.301. The van der Waals surface area contributed by atoms with Gasteiger partial charge in [-0.1, -0.05) is 60.7 Å². The first-order valence-corrected chi connectivity index (χ1v) is 12.0. The molecule has 35 heavy (non-hydrogen) atoms. The highest BCUT2D eigenvalue weighted by Crippen LogP contribution is 2.17. The van der Waals surface area contributed by atoms with E-state index in [1.807, 2.05) is 91.9 Å². The number of para-hydroxylation sites is 1. The van der Waals surface area contributed by atoms with Crippen LogP contribution in [0.25, 0.3) is 0 Å². The number of aliphatic hydroxyl groups excluding tert-OH is 2. The Morgan fingerprint density at radius 1 is 0.943 bits per heavy atom. The van der Waals surface area contributed by atoms with Gasteiger partial charge < -0.3 is 25.6 Å². The summed E-state index contributed by atoms with van der Waals surface area (Å²) >= 11 is 0. The van der Waals surface area contributed by atoms with E-state index >= 15 is 0 Å². The number of hydrogen-bond acceptors (Lipinski definition) is 5. The molecule has 3 aromatic carbocycles. The fraction of sp³-hybridized carbons (Fsp3) is 0.321. The summed E-state index contributed by atoms with van der Waals surface area (Å²) in [5.74, 6) is 0.709. The van der Waals surface area contributed by atoms with Crippen molar-refractivity contribution < 1.29 is 19.7 Å². The predicted octanol–water partition coefficient (Wildman–Crippen LogP) is 3.67. The average molecular weight is 478 g/mol. The number of benzene rings is 3. The van der Waals surface area contributed by atoms with Crippen LogP contribution in [0.3, 0.4) is 0 Å². The fourth-order valence-corrected chi connectivity index (χ4v) is 3.83. The van der Waals surface area contributed by atoms with E-state index in [9.17, 15) is 15.0 Å². The summed E-state index contributed by atoms with van der Waals surface area (Å²) in [5.41, 5.74) is 2.83. The van der Waals surface area contributed by atoms with E-state index < -0.39 is 6.10 Å². The van der Waals surface area contributed by atoms with Crippen LogP contribution in [0.15, 0.2) is 84.9 Å². The minimum Gasteiger partial charge on any atom is -0.491 e. The first kappa shape index (κ1) is 26.2. The fourth-order valence-electron chi connectivity index (χ4n) is 3.83. The van der Waals surface area contributed by atoms with Gasteiger partial charge in [0.15, 0.2) is 0 Å². The van der Waals surface area contributed by atoms with E-state index in [0.717, 1.165) is 11.1 Å². The standard InChI is InChI=1S/C28H35N3O4/c1-2-29-28(34)30-24-15-13-22(14-16-24)17-25(20-32)31(18-23-9-5-3-6-10-23)19-26(33)21-35-27-11-7-4-8-12-27/h3-16,25-26,32-33H,2,17-21H2,1H3,(H2,29,30,34). The van der Waals surface area contributed by atoms with Crippen LogP contribution in [-0.2, 0) is 13.0 Å². The molecule has 0 saturated heterocycles. The Morgan fingerprint density at radius 3 is 2.23 bits per heavy atom. The smallest absolute Gasteiger partial charge is 0.319 e. The maximum atomic E-state index is 11.7. The lowest BCUT2D eigenvalue weighted by molar-refractivity contribution is 0.0335. The van der Waals surface area contributed by atoms with Crippen LogP contribution in [0, 0.1) is 0 Å². The minimum absolute atomic E-state index is 0.0575. The van der Waals surface area contributed by atoms with Crippen molar-refractivity contribution in [2.45, 2.75) is 32.0 Å². The molecule has 0 aliphatic carbocycles. The number of rotatable bonds is 13. The highest BCUT2D eigenvalue weighted by atomic mass is 16.5. The highest BCUT2D eigenvalue weighted by molar-refractivity contribution is 5.89. The maximum absolute atomic E-state index is 11.7. The normalized spacial score (nSPS) is 12.7. The molecule has 0 saturated carbocycles. The molecule has 2 amide bonds. The molecule has 3 rings (SSSR count). The van der Waals surface area contributed by atoms with Crippen molar-refractivity contribution in [1.29, 1.82) is 0 Å². The summed E-state index contributed by atoms with van der Waals surface area (Å²) in [5, 5.41) is 26.5.